The molecular weight excluding hydrogens is 146 g/mol. The predicted octanol–water partition coefficient (Wildman–Crippen LogP) is 0.0757. The Labute approximate surface area is 65.9 Å². The summed E-state index contributed by atoms with van der Waals surface area (Å²) in [5, 5.41) is 2.42. The lowest BCUT2D eigenvalue weighted by molar-refractivity contribution is -0.152. The molecule has 0 atom stereocenters. The van der Waals surface area contributed by atoms with Crippen LogP contribution in [0.3, 0.4) is 0 Å². The van der Waals surface area contributed by atoms with Gasteiger partial charge < -0.3 is 10.1 Å². The highest BCUT2D eigenvalue weighted by Crippen LogP contribution is 1.82. The van der Waals surface area contributed by atoms with Gasteiger partial charge in [0, 0.05) is 6.54 Å². The summed E-state index contributed by atoms with van der Waals surface area (Å²) in [6.07, 6.45) is 1.87. The highest BCUT2D eigenvalue weighted by atomic mass is 16.5. The molecule has 0 aromatic heterocycles. The van der Waals surface area contributed by atoms with E-state index < -0.39 is 11.9 Å². The summed E-state index contributed by atoms with van der Waals surface area (Å²) in [7, 11) is 1.18. The van der Waals surface area contributed by atoms with Crippen molar-refractivity contribution in [2.45, 2.75) is 19.8 Å². The van der Waals surface area contributed by atoms with Gasteiger partial charge in [0.1, 0.15) is 0 Å². The average molecular weight is 159 g/mol. The average Bonchev–Trinajstić information content (AvgIpc) is 2.03. The molecule has 0 aliphatic rings. The smallest absolute Gasteiger partial charge is 0.396 e. The Morgan fingerprint density at radius 2 is 2.09 bits per heavy atom. The summed E-state index contributed by atoms with van der Waals surface area (Å²) < 4.78 is 4.19. The number of hydrogen-bond acceptors (Lipinski definition) is 3. The Morgan fingerprint density at radius 1 is 1.45 bits per heavy atom. The van der Waals surface area contributed by atoms with Crippen LogP contribution in [0.25, 0.3) is 0 Å². The van der Waals surface area contributed by atoms with Crippen LogP contribution in [0.1, 0.15) is 19.8 Å². The fraction of sp³-hybridized carbons (Fsp3) is 0.714. The summed E-state index contributed by atoms with van der Waals surface area (Å²) in [6, 6.07) is 0. The van der Waals surface area contributed by atoms with Gasteiger partial charge in [-0.15, -0.1) is 0 Å². The lowest BCUT2D eigenvalue weighted by Crippen LogP contribution is -2.32. The molecule has 4 nitrogen and oxygen atoms in total. The van der Waals surface area contributed by atoms with Crippen molar-refractivity contribution in [3.63, 3.8) is 0 Å². The van der Waals surface area contributed by atoms with Crippen LogP contribution >= 0.6 is 0 Å². The van der Waals surface area contributed by atoms with Crippen molar-refractivity contribution in [1.29, 1.82) is 0 Å². The summed E-state index contributed by atoms with van der Waals surface area (Å²) in [5.41, 5.74) is 0. The van der Waals surface area contributed by atoms with E-state index in [2.05, 4.69) is 10.1 Å². The van der Waals surface area contributed by atoms with Gasteiger partial charge in [-0.3, -0.25) is 4.79 Å². The maximum atomic E-state index is 10.7. The molecule has 0 aromatic carbocycles. The van der Waals surface area contributed by atoms with E-state index in [1.807, 2.05) is 6.92 Å². The molecule has 0 radical (unpaired) electrons. The molecule has 0 rings (SSSR count). The highest BCUT2D eigenvalue weighted by Gasteiger charge is 2.11. The van der Waals surface area contributed by atoms with Gasteiger partial charge in [0.25, 0.3) is 0 Å². The first-order valence-electron chi connectivity index (χ1n) is 3.58. The molecule has 64 valence electrons. The zero-order valence-corrected chi connectivity index (χ0v) is 6.85. The zero-order chi connectivity index (χ0) is 8.69. The molecule has 0 aromatic rings. The number of carbonyl (C=O) groups is 2. The Kier molecular flexibility index (Phi) is 5.15. The molecule has 0 fully saturated rings. The number of carbonyl (C=O) groups excluding carboxylic acids is 2. The van der Waals surface area contributed by atoms with Gasteiger partial charge in [0.2, 0.25) is 0 Å². The summed E-state index contributed by atoms with van der Waals surface area (Å²) in [4.78, 5) is 21.1. The van der Waals surface area contributed by atoms with Crippen LogP contribution in [0, 0.1) is 0 Å². The van der Waals surface area contributed by atoms with Gasteiger partial charge in [0.05, 0.1) is 7.11 Å². The van der Waals surface area contributed by atoms with Crippen molar-refractivity contribution in [2.24, 2.45) is 0 Å². The normalized spacial score (nSPS) is 8.91. The maximum Gasteiger partial charge on any atom is 0.396 e. The topological polar surface area (TPSA) is 55.4 Å². The highest BCUT2D eigenvalue weighted by molar-refractivity contribution is 6.32. The van der Waals surface area contributed by atoms with Gasteiger partial charge in [-0.1, -0.05) is 13.3 Å². The minimum absolute atomic E-state index is 0.532. The molecule has 0 saturated carbocycles. The number of ether oxygens (including phenoxy) is 1. The molecule has 4 heteroatoms. The zero-order valence-electron chi connectivity index (χ0n) is 6.85. The quantitative estimate of drug-likeness (QED) is 0.360. The molecular formula is C7H13NO3. The third kappa shape index (κ3) is 4.36. The minimum Gasteiger partial charge on any atom is -0.462 e. The Bertz CT molecular complexity index is 145. The Balaban J connectivity index is 3.44. The van der Waals surface area contributed by atoms with Crippen molar-refractivity contribution < 1.29 is 14.3 Å². The van der Waals surface area contributed by atoms with Crippen molar-refractivity contribution in [3.05, 3.63) is 0 Å². The number of nitrogens with one attached hydrogen (secondary N) is 1. The number of esters is 1. The first-order valence-corrected chi connectivity index (χ1v) is 3.58. The molecule has 0 spiro atoms. The third-order valence-corrected chi connectivity index (χ3v) is 1.19. The molecule has 0 aliphatic carbocycles. The monoisotopic (exact) mass is 159 g/mol. The summed E-state index contributed by atoms with van der Waals surface area (Å²) in [6.45, 7) is 2.54. The molecule has 0 saturated heterocycles. The first kappa shape index (κ1) is 9.94. The van der Waals surface area contributed by atoms with Crippen LogP contribution < -0.4 is 5.32 Å². The number of hydrogen-bond donors (Lipinski definition) is 1. The SMILES string of the molecule is CCCCNC(=O)C(=O)OC. The number of methoxy groups -OCH3 is 1. The van der Waals surface area contributed by atoms with E-state index in [0.29, 0.717) is 6.54 Å². The van der Waals surface area contributed by atoms with Crippen molar-refractivity contribution in [1.82, 2.24) is 5.32 Å². The van der Waals surface area contributed by atoms with Crippen molar-refractivity contribution in [3.8, 4) is 0 Å². The lowest BCUT2D eigenvalue weighted by atomic mass is 10.3. The Hall–Kier alpha value is -1.06. The second kappa shape index (κ2) is 5.70. The second-order valence-corrected chi connectivity index (χ2v) is 2.10. The van der Waals surface area contributed by atoms with Crippen LogP contribution in [0.4, 0.5) is 0 Å². The molecule has 1 N–H and O–H groups in total. The maximum absolute atomic E-state index is 10.7. The van der Waals surface area contributed by atoms with E-state index in [9.17, 15) is 9.59 Å². The summed E-state index contributed by atoms with van der Waals surface area (Å²) in [5.74, 6) is -1.50. The fourth-order valence-electron chi connectivity index (χ4n) is 0.544. The van der Waals surface area contributed by atoms with E-state index in [4.69, 9.17) is 0 Å². The number of unbranched alkanes of at least 4 members (excludes halogenated alkanes) is 1. The standard InChI is InChI=1S/C7H13NO3/c1-3-4-5-8-6(9)7(10)11-2/h3-5H2,1-2H3,(H,8,9). The second-order valence-electron chi connectivity index (χ2n) is 2.10. The van der Waals surface area contributed by atoms with Crippen LogP contribution in [-0.4, -0.2) is 25.5 Å². The van der Waals surface area contributed by atoms with Crippen molar-refractivity contribution >= 4 is 11.9 Å². The van der Waals surface area contributed by atoms with E-state index in [1.165, 1.54) is 7.11 Å². The molecule has 0 aliphatic heterocycles. The fourth-order valence-corrected chi connectivity index (χ4v) is 0.544. The molecule has 1 amide bonds. The predicted molar refractivity (Wildman–Crippen MR) is 39.9 cm³/mol. The van der Waals surface area contributed by atoms with Gasteiger partial charge in [-0.2, -0.15) is 0 Å². The van der Waals surface area contributed by atoms with Crippen LogP contribution in [0.15, 0.2) is 0 Å². The summed E-state index contributed by atoms with van der Waals surface area (Å²) >= 11 is 0. The lowest BCUT2D eigenvalue weighted by Gasteiger charge is -2.00. The Morgan fingerprint density at radius 3 is 2.55 bits per heavy atom. The van der Waals surface area contributed by atoms with E-state index >= 15 is 0 Å². The van der Waals surface area contributed by atoms with E-state index in [0.717, 1.165) is 12.8 Å². The number of rotatable bonds is 3. The van der Waals surface area contributed by atoms with Crippen LogP contribution in [0.5, 0.6) is 0 Å². The van der Waals surface area contributed by atoms with Gasteiger partial charge in [-0.05, 0) is 6.42 Å². The van der Waals surface area contributed by atoms with E-state index in [-0.39, 0.29) is 0 Å². The van der Waals surface area contributed by atoms with Crippen LogP contribution in [-0.2, 0) is 14.3 Å². The van der Waals surface area contributed by atoms with Crippen LogP contribution in [0.2, 0.25) is 0 Å². The van der Waals surface area contributed by atoms with E-state index in [1.54, 1.807) is 0 Å². The molecule has 0 heterocycles. The third-order valence-electron chi connectivity index (χ3n) is 1.19. The molecule has 11 heavy (non-hydrogen) atoms. The first-order chi connectivity index (χ1) is 5.22. The minimum atomic E-state index is -0.832. The number of amides is 1. The van der Waals surface area contributed by atoms with Gasteiger partial charge in [-0.25, -0.2) is 4.79 Å². The molecule has 0 bridgehead atoms. The van der Waals surface area contributed by atoms with Crippen molar-refractivity contribution in [2.75, 3.05) is 13.7 Å². The molecule has 0 unspecified atom stereocenters. The van der Waals surface area contributed by atoms with Gasteiger partial charge in [0.15, 0.2) is 0 Å². The van der Waals surface area contributed by atoms with Gasteiger partial charge >= 0.3 is 11.9 Å². The largest absolute Gasteiger partial charge is 0.462 e.